The van der Waals surface area contributed by atoms with Crippen LogP contribution in [0.4, 0.5) is 8.78 Å². The van der Waals surface area contributed by atoms with E-state index in [-0.39, 0.29) is 23.7 Å². The lowest BCUT2D eigenvalue weighted by molar-refractivity contribution is -0.0525. The summed E-state index contributed by atoms with van der Waals surface area (Å²) in [5, 5.41) is 8.94. The average molecular weight is 218 g/mol. The minimum absolute atomic E-state index is 0.100. The van der Waals surface area contributed by atoms with Crippen molar-refractivity contribution in [3.8, 4) is 11.5 Å². The second kappa shape index (κ2) is 5.50. The van der Waals surface area contributed by atoms with Crippen LogP contribution in [0.15, 0.2) is 18.2 Å². The van der Waals surface area contributed by atoms with Crippen molar-refractivity contribution in [3.63, 3.8) is 0 Å². The molecule has 0 aliphatic carbocycles. The van der Waals surface area contributed by atoms with E-state index in [9.17, 15) is 8.78 Å². The van der Waals surface area contributed by atoms with Gasteiger partial charge in [-0.3, -0.25) is 0 Å². The number of alkyl halides is 2. The maximum atomic E-state index is 12.1. The summed E-state index contributed by atoms with van der Waals surface area (Å²) in [6.45, 7) is -1.23. The summed E-state index contributed by atoms with van der Waals surface area (Å²) < 4.78 is 33.6. The molecule has 3 nitrogen and oxygen atoms in total. The van der Waals surface area contributed by atoms with Crippen molar-refractivity contribution in [2.24, 2.45) is 0 Å². The third kappa shape index (κ3) is 3.06. The Morgan fingerprint density at radius 2 is 2.13 bits per heavy atom. The molecular formula is C10H12F2O3. The summed E-state index contributed by atoms with van der Waals surface area (Å²) in [4.78, 5) is 0. The maximum absolute atomic E-state index is 12.1. The predicted molar refractivity (Wildman–Crippen MR) is 50.2 cm³/mol. The number of benzene rings is 1. The largest absolute Gasteiger partial charge is 0.490 e. The highest BCUT2D eigenvalue weighted by Gasteiger charge is 2.14. The van der Waals surface area contributed by atoms with Gasteiger partial charge in [0.05, 0.1) is 13.2 Å². The second-order valence-corrected chi connectivity index (χ2v) is 2.71. The predicted octanol–water partition coefficient (Wildman–Crippen LogP) is 2.18. The van der Waals surface area contributed by atoms with Crippen molar-refractivity contribution in [2.45, 2.75) is 20.1 Å². The standard InChI is InChI=1S/C10H12F2O3/c1-2-14-8-5-3-4-7(6-13)9(8)15-10(11)12/h3-5,10,13H,2,6H2,1H3. The molecular weight excluding hydrogens is 206 g/mol. The van der Waals surface area contributed by atoms with Crippen LogP contribution in [-0.2, 0) is 6.61 Å². The van der Waals surface area contributed by atoms with Gasteiger partial charge in [-0.25, -0.2) is 0 Å². The number of para-hydroxylation sites is 1. The van der Waals surface area contributed by atoms with Gasteiger partial charge >= 0.3 is 6.61 Å². The van der Waals surface area contributed by atoms with Gasteiger partial charge in [0.15, 0.2) is 11.5 Å². The first-order chi connectivity index (χ1) is 7.19. The highest BCUT2D eigenvalue weighted by molar-refractivity contribution is 5.46. The number of aliphatic hydroxyl groups excluding tert-OH is 1. The zero-order valence-corrected chi connectivity index (χ0v) is 8.24. The first-order valence-corrected chi connectivity index (χ1v) is 4.49. The van der Waals surface area contributed by atoms with E-state index in [0.717, 1.165) is 0 Å². The molecule has 0 heterocycles. The van der Waals surface area contributed by atoms with E-state index in [4.69, 9.17) is 9.84 Å². The van der Waals surface area contributed by atoms with Gasteiger partial charge < -0.3 is 14.6 Å². The molecule has 0 bridgehead atoms. The van der Waals surface area contributed by atoms with Crippen LogP contribution in [0.25, 0.3) is 0 Å². The monoisotopic (exact) mass is 218 g/mol. The van der Waals surface area contributed by atoms with Crippen LogP contribution in [-0.4, -0.2) is 18.3 Å². The van der Waals surface area contributed by atoms with Crippen molar-refractivity contribution in [1.29, 1.82) is 0 Å². The molecule has 0 saturated carbocycles. The van der Waals surface area contributed by atoms with Gasteiger partial charge in [-0.1, -0.05) is 12.1 Å². The smallest absolute Gasteiger partial charge is 0.387 e. The third-order valence-electron chi connectivity index (χ3n) is 1.74. The molecule has 0 fully saturated rings. The molecule has 0 spiro atoms. The minimum Gasteiger partial charge on any atom is -0.490 e. The summed E-state index contributed by atoms with van der Waals surface area (Å²) in [6.07, 6.45) is 0. The Morgan fingerprint density at radius 3 is 2.67 bits per heavy atom. The number of rotatable bonds is 5. The van der Waals surface area contributed by atoms with E-state index >= 15 is 0 Å². The molecule has 1 aromatic rings. The highest BCUT2D eigenvalue weighted by atomic mass is 19.3. The van der Waals surface area contributed by atoms with Gasteiger partial charge in [0.2, 0.25) is 0 Å². The fourth-order valence-corrected chi connectivity index (χ4v) is 1.18. The summed E-state index contributed by atoms with van der Waals surface area (Å²) in [6, 6.07) is 4.62. The fourth-order valence-electron chi connectivity index (χ4n) is 1.18. The van der Waals surface area contributed by atoms with Crippen LogP contribution in [0.2, 0.25) is 0 Å². The molecule has 0 radical (unpaired) electrons. The molecule has 0 unspecified atom stereocenters. The SMILES string of the molecule is CCOc1cccc(CO)c1OC(F)F. The number of hydrogen-bond donors (Lipinski definition) is 1. The molecule has 1 rings (SSSR count). The van der Waals surface area contributed by atoms with Gasteiger partial charge in [-0.15, -0.1) is 0 Å². The fraction of sp³-hybridized carbons (Fsp3) is 0.400. The van der Waals surface area contributed by atoms with Crippen LogP contribution in [0, 0.1) is 0 Å². The van der Waals surface area contributed by atoms with Crippen molar-refractivity contribution >= 4 is 0 Å². The normalized spacial score (nSPS) is 10.5. The molecule has 1 N–H and O–H groups in total. The Balaban J connectivity index is 3.02. The molecule has 0 saturated heterocycles. The first kappa shape index (κ1) is 11.7. The lowest BCUT2D eigenvalue weighted by atomic mass is 10.2. The number of hydrogen-bond acceptors (Lipinski definition) is 3. The van der Waals surface area contributed by atoms with Gasteiger partial charge in [-0.2, -0.15) is 8.78 Å². The van der Waals surface area contributed by atoms with Crippen molar-refractivity contribution < 1.29 is 23.4 Å². The lowest BCUT2D eigenvalue weighted by Crippen LogP contribution is -2.07. The van der Waals surface area contributed by atoms with E-state index in [1.165, 1.54) is 12.1 Å². The van der Waals surface area contributed by atoms with Crippen molar-refractivity contribution in [3.05, 3.63) is 23.8 Å². The molecule has 5 heteroatoms. The van der Waals surface area contributed by atoms with E-state index in [0.29, 0.717) is 6.61 Å². The quantitative estimate of drug-likeness (QED) is 0.823. The van der Waals surface area contributed by atoms with Crippen molar-refractivity contribution in [2.75, 3.05) is 6.61 Å². The Morgan fingerprint density at radius 1 is 1.40 bits per heavy atom. The summed E-state index contributed by atoms with van der Waals surface area (Å²) in [7, 11) is 0. The first-order valence-electron chi connectivity index (χ1n) is 4.49. The molecule has 0 aromatic heterocycles. The Kier molecular flexibility index (Phi) is 4.30. The average Bonchev–Trinajstić information content (AvgIpc) is 2.20. The zero-order valence-electron chi connectivity index (χ0n) is 8.24. The van der Waals surface area contributed by atoms with E-state index in [2.05, 4.69) is 4.74 Å². The van der Waals surface area contributed by atoms with Crippen LogP contribution in [0.1, 0.15) is 12.5 Å². The molecule has 15 heavy (non-hydrogen) atoms. The zero-order chi connectivity index (χ0) is 11.3. The Hall–Kier alpha value is -1.36. The van der Waals surface area contributed by atoms with E-state index in [1.54, 1.807) is 13.0 Å². The number of ether oxygens (including phenoxy) is 2. The Labute approximate surface area is 86.2 Å². The summed E-state index contributed by atoms with van der Waals surface area (Å²) in [5.74, 6) is 0.112. The van der Waals surface area contributed by atoms with Crippen molar-refractivity contribution in [1.82, 2.24) is 0 Å². The lowest BCUT2D eigenvalue weighted by Gasteiger charge is -2.13. The Bertz CT molecular complexity index is 316. The molecule has 84 valence electrons. The molecule has 0 aliphatic rings. The topological polar surface area (TPSA) is 38.7 Å². The minimum atomic E-state index is -2.93. The van der Waals surface area contributed by atoms with Crippen LogP contribution in [0.5, 0.6) is 11.5 Å². The molecule has 0 atom stereocenters. The highest BCUT2D eigenvalue weighted by Crippen LogP contribution is 2.32. The number of halogens is 2. The van der Waals surface area contributed by atoms with Gasteiger partial charge in [0, 0.05) is 5.56 Å². The van der Waals surface area contributed by atoms with Gasteiger partial charge in [0.1, 0.15) is 0 Å². The number of aliphatic hydroxyl groups is 1. The van der Waals surface area contributed by atoms with Crippen LogP contribution < -0.4 is 9.47 Å². The summed E-state index contributed by atoms with van der Waals surface area (Å²) in [5.41, 5.74) is 0.279. The van der Waals surface area contributed by atoms with Gasteiger partial charge in [-0.05, 0) is 13.0 Å². The third-order valence-corrected chi connectivity index (χ3v) is 1.74. The van der Waals surface area contributed by atoms with Crippen LogP contribution >= 0.6 is 0 Å². The summed E-state index contributed by atoms with van der Waals surface area (Å²) >= 11 is 0. The molecule has 0 aliphatic heterocycles. The molecule has 0 amide bonds. The van der Waals surface area contributed by atoms with Gasteiger partial charge in [0.25, 0.3) is 0 Å². The maximum Gasteiger partial charge on any atom is 0.387 e. The molecule has 1 aromatic carbocycles. The van der Waals surface area contributed by atoms with E-state index in [1.807, 2.05) is 0 Å². The van der Waals surface area contributed by atoms with E-state index < -0.39 is 6.61 Å². The second-order valence-electron chi connectivity index (χ2n) is 2.71. The van der Waals surface area contributed by atoms with Crippen LogP contribution in [0.3, 0.4) is 0 Å².